The van der Waals surface area contributed by atoms with Gasteiger partial charge in [0, 0.05) is 19.1 Å². The van der Waals surface area contributed by atoms with Gasteiger partial charge in [-0.15, -0.1) is 0 Å². The van der Waals surface area contributed by atoms with Crippen molar-refractivity contribution < 1.29 is 14.6 Å². The summed E-state index contributed by atoms with van der Waals surface area (Å²) in [6, 6.07) is 0.399. The fourth-order valence-electron chi connectivity index (χ4n) is 1.29. The number of hydrogen-bond donors (Lipinski definition) is 1. The Balaban J connectivity index is 2.46. The molecule has 1 aliphatic heterocycles. The predicted molar refractivity (Wildman–Crippen MR) is 44.1 cm³/mol. The largest absolute Gasteiger partial charge is 0.479 e. The smallest absolute Gasteiger partial charge is 0.334 e. The fourth-order valence-corrected chi connectivity index (χ4v) is 1.29. The van der Waals surface area contributed by atoms with Crippen molar-refractivity contribution in [2.75, 3.05) is 19.7 Å². The summed E-state index contributed by atoms with van der Waals surface area (Å²) in [7, 11) is 0. The number of ether oxygens (including phenoxy) is 1. The molecule has 0 unspecified atom stereocenters. The van der Waals surface area contributed by atoms with E-state index in [2.05, 4.69) is 18.7 Å². The first-order valence-electron chi connectivity index (χ1n) is 4.19. The van der Waals surface area contributed by atoms with Crippen molar-refractivity contribution in [2.24, 2.45) is 0 Å². The minimum Gasteiger partial charge on any atom is -0.479 e. The van der Waals surface area contributed by atoms with Gasteiger partial charge < -0.3 is 9.84 Å². The third-order valence-electron chi connectivity index (χ3n) is 2.10. The second kappa shape index (κ2) is 3.87. The van der Waals surface area contributed by atoms with Crippen LogP contribution in [0.1, 0.15) is 13.8 Å². The first-order chi connectivity index (χ1) is 5.61. The van der Waals surface area contributed by atoms with Crippen LogP contribution in [0.25, 0.3) is 0 Å². The average molecular weight is 173 g/mol. The molecule has 0 aromatic carbocycles. The van der Waals surface area contributed by atoms with Gasteiger partial charge >= 0.3 is 5.97 Å². The van der Waals surface area contributed by atoms with Crippen molar-refractivity contribution in [3.8, 4) is 0 Å². The highest BCUT2D eigenvalue weighted by Gasteiger charge is 2.26. The summed E-state index contributed by atoms with van der Waals surface area (Å²) in [5.41, 5.74) is 0. The summed E-state index contributed by atoms with van der Waals surface area (Å²) in [5, 5.41) is 8.69. The van der Waals surface area contributed by atoms with E-state index in [4.69, 9.17) is 9.84 Å². The van der Waals surface area contributed by atoms with Crippen LogP contribution in [0.15, 0.2) is 0 Å². The van der Waals surface area contributed by atoms with E-state index < -0.39 is 12.1 Å². The van der Waals surface area contributed by atoms with Crippen molar-refractivity contribution in [1.82, 2.24) is 4.90 Å². The second-order valence-electron chi connectivity index (χ2n) is 3.29. The maximum atomic E-state index is 10.6. The molecule has 1 saturated heterocycles. The van der Waals surface area contributed by atoms with Gasteiger partial charge in [-0.3, -0.25) is 4.90 Å². The number of hydrogen-bond acceptors (Lipinski definition) is 3. The lowest BCUT2D eigenvalue weighted by atomic mass is 10.2. The van der Waals surface area contributed by atoms with Gasteiger partial charge in [-0.05, 0) is 13.8 Å². The molecule has 1 aliphatic rings. The summed E-state index contributed by atoms with van der Waals surface area (Å²) >= 11 is 0. The highest BCUT2D eigenvalue weighted by atomic mass is 16.5. The van der Waals surface area contributed by atoms with Crippen LogP contribution in [-0.2, 0) is 9.53 Å². The molecule has 4 heteroatoms. The quantitative estimate of drug-likeness (QED) is 0.647. The van der Waals surface area contributed by atoms with Crippen LogP contribution in [-0.4, -0.2) is 47.8 Å². The minimum atomic E-state index is -0.861. The normalized spacial score (nSPS) is 26.1. The molecular weight excluding hydrogens is 158 g/mol. The molecule has 0 saturated carbocycles. The second-order valence-corrected chi connectivity index (χ2v) is 3.29. The maximum absolute atomic E-state index is 10.6. The van der Waals surface area contributed by atoms with Crippen molar-refractivity contribution in [3.63, 3.8) is 0 Å². The standard InChI is InChI=1S/C8H15NO3/c1-6(2)9-3-4-12-7(5-9)8(10)11/h6-7H,3-5H2,1-2H3,(H,10,11)/t7-/m0/s1. The highest BCUT2D eigenvalue weighted by molar-refractivity contribution is 5.72. The molecule has 1 atom stereocenters. The molecule has 1 fully saturated rings. The molecule has 0 aliphatic carbocycles. The molecule has 1 N–H and O–H groups in total. The van der Waals surface area contributed by atoms with Gasteiger partial charge in [-0.1, -0.05) is 0 Å². The van der Waals surface area contributed by atoms with Gasteiger partial charge in [0.2, 0.25) is 0 Å². The van der Waals surface area contributed by atoms with Gasteiger partial charge in [0.05, 0.1) is 6.61 Å². The number of nitrogens with zero attached hydrogens (tertiary/aromatic N) is 1. The van der Waals surface area contributed by atoms with Crippen LogP contribution in [0.3, 0.4) is 0 Å². The molecule has 0 radical (unpaired) electrons. The zero-order valence-corrected chi connectivity index (χ0v) is 7.49. The van der Waals surface area contributed by atoms with Gasteiger partial charge in [0.15, 0.2) is 6.10 Å². The Hall–Kier alpha value is -0.610. The van der Waals surface area contributed by atoms with E-state index in [1.807, 2.05) is 0 Å². The number of rotatable bonds is 2. The maximum Gasteiger partial charge on any atom is 0.334 e. The van der Waals surface area contributed by atoms with E-state index in [0.717, 1.165) is 6.54 Å². The Morgan fingerprint density at radius 2 is 2.33 bits per heavy atom. The van der Waals surface area contributed by atoms with E-state index in [9.17, 15) is 4.79 Å². The zero-order chi connectivity index (χ0) is 9.14. The van der Waals surface area contributed by atoms with Crippen LogP contribution in [0.2, 0.25) is 0 Å². The summed E-state index contributed by atoms with van der Waals surface area (Å²) in [6.07, 6.45) is -0.638. The highest BCUT2D eigenvalue weighted by Crippen LogP contribution is 2.08. The Bertz CT molecular complexity index is 170. The molecule has 1 heterocycles. The molecule has 0 aromatic heterocycles. The van der Waals surface area contributed by atoms with E-state index in [-0.39, 0.29) is 0 Å². The van der Waals surface area contributed by atoms with Crippen LogP contribution >= 0.6 is 0 Å². The fraction of sp³-hybridized carbons (Fsp3) is 0.875. The number of carboxylic acid groups (broad SMARTS) is 1. The van der Waals surface area contributed by atoms with Crippen molar-refractivity contribution >= 4 is 5.97 Å². The Morgan fingerprint density at radius 1 is 1.67 bits per heavy atom. The Labute approximate surface area is 72.1 Å². The SMILES string of the molecule is CC(C)N1CCO[C@H](C(=O)O)C1. The van der Waals surface area contributed by atoms with Gasteiger partial charge in [0.1, 0.15) is 0 Å². The lowest BCUT2D eigenvalue weighted by molar-refractivity contribution is -0.156. The minimum absolute atomic E-state index is 0.399. The van der Waals surface area contributed by atoms with Crippen LogP contribution in [0.4, 0.5) is 0 Å². The monoisotopic (exact) mass is 173 g/mol. The third-order valence-corrected chi connectivity index (χ3v) is 2.10. The number of morpholine rings is 1. The molecule has 1 rings (SSSR count). The van der Waals surface area contributed by atoms with Crippen LogP contribution < -0.4 is 0 Å². The molecule has 0 spiro atoms. The van der Waals surface area contributed by atoms with Gasteiger partial charge in [0.25, 0.3) is 0 Å². The molecule has 0 amide bonds. The molecule has 12 heavy (non-hydrogen) atoms. The molecular formula is C8H15NO3. The number of carbonyl (C=O) groups is 1. The molecule has 4 nitrogen and oxygen atoms in total. The zero-order valence-electron chi connectivity index (χ0n) is 7.49. The summed E-state index contributed by atoms with van der Waals surface area (Å²) in [6.45, 7) is 5.98. The van der Waals surface area contributed by atoms with Crippen molar-refractivity contribution in [3.05, 3.63) is 0 Å². The van der Waals surface area contributed by atoms with E-state index in [1.54, 1.807) is 0 Å². The third kappa shape index (κ3) is 2.19. The van der Waals surface area contributed by atoms with Crippen LogP contribution in [0.5, 0.6) is 0 Å². The van der Waals surface area contributed by atoms with Crippen molar-refractivity contribution in [2.45, 2.75) is 26.0 Å². The predicted octanol–water partition coefficient (Wildman–Crippen LogP) is 0.180. The Kier molecular flexibility index (Phi) is 3.05. The van der Waals surface area contributed by atoms with Gasteiger partial charge in [-0.25, -0.2) is 4.79 Å². The molecule has 0 aromatic rings. The molecule has 0 bridgehead atoms. The van der Waals surface area contributed by atoms with Crippen LogP contribution in [0, 0.1) is 0 Å². The van der Waals surface area contributed by atoms with Gasteiger partial charge in [-0.2, -0.15) is 0 Å². The first kappa shape index (κ1) is 9.48. The van der Waals surface area contributed by atoms with Crippen molar-refractivity contribution in [1.29, 1.82) is 0 Å². The number of aliphatic carboxylic acids is 1. The lowest BCUT2D eigenvalue weighted by Gasteiger charge is -2.33. The average Bonchev–Trinajstić information content (AvgIpc) is 2.04. The van der Waals surface area contributed by atoms with E-state index >= 15 is 0 Å². The first-order valence-corrected chi connectivity index (χ1v) is 4.19. The summed E-state index contributed by atoms with van der Waals surface area (Å²) < 4.78 is 5.08. The lowest BCUT2D eigenvalue weighted by Crippen LogP contribution is -2.48. The van der Waals surface area contributed by atoms with E-state index in [0.29, 0.717) is 19.2 Å². The topological polar surface area (TPSA) is 49.8 Å². The Morgan fingerprint density at radius 3 is 2.83 bits per heavy atom. The summed E-state index contributed by atoms with van der Waals surface area (Å²) in [5.74, 6) is -0.861. The molecule has 70 valence electrons. The summed E-state index contributed by atoms with van der Waals surface area (Å²) in [4.78, 5) is 12.7. The number of carboxylic acids is 1. The van der Waals surface area contributed by atoms with E-state index in [1.165, 1.54) is 0 Å².